The van der Waals surface area contributed by atoms with E-state index in [1.807, 2.05) is 4.90 Å². The molecule has 2 heterocycles. The van der Waals surface area contributed by atoms with Gasteiger partial charge in [-0.15, -0.1) is 0 Å². The zero-order valence-electron chi connectivity index (χ0n) is 10.0. The van der Waals surface area contributed by atoms with E-state index >= 15 is 0 Å². The van der Waals surface area contributed by atoms with Crippen molar-refractivity contribution in [3.63, 3.8) is 0 Å². The molecule has 1 saturated carbocycles. The molecule has 2 aliphatic heterocycles. The van der Waals surface area contributed by atoms with Gasteiger partial charge in [0.2, 0.25) is 5.91 Å². The van der Waals surface area contributed by atoms with Gasteiger partial charge in [-0.1, -0.05) is 6.92 Å². The molecular weight excluding hydrogens is 202 g/mol. The van der Waals surface area contributed by atoms with E-state index in [-0.39, 0.29) is 5.54 Å². The van der Waals surface area contributed by atoms with Crippen molar-refractivity contribution in [3.8, 4) is 0 Å². The molecule has 3 fully saturated rings. The van der Waals surface area contributed by atoms with Gasteiger partial charge in [-0.3, -0.25) is 10.1 Å². The molecule has 4 nitrogen and oxygen atoms in total. The van der Waals surface area contributed by atoms with E-state index < -0.39 is 0 Å². The third-order valence-electron chi connectivity index (χ3n) is 4.35. The second-order valence-corrected chi connectivity index (χ2v) is 5.49. The zero-order valence-corrected chi connectivity index (χ0v) is 10.0. The van der Waals surface area contributed by atoms with Gasteiger partial charge in [0, 0.05) is 13.1 Å². The zero-order chi connectivity index (χ0) is 11.2. The van der Waals surface area contributed by atoms with Crippen molar-refractivity contribution in [3.05, 3.63) is 0 Å². The van der Waals surface area contributed by atoms with Crippen LogP contribution in [0.1, 0.15) is 26.2 Å². The summed E-state index contributed by atoms with van der Waals surface area (Å²) in [5, 5.41) is 3.37. The summed E-state index contributed by atoms with van der Waals surface area (Å²) in [6, 6.07) is 0. The van der Waals surface area contributed by atoms with E-state index in [4.69, 9.17) is 0 Å². The lowest BCUT2D eigenvalue weighted by atomic mass is 10.1. The summed E-state index contributed by atoms with van der Waals surface area (Å²) in [5.41, 5.74) is -0.108. The first-order valence-corrected chi connectivity index (χ1v) is 6.50. The highest BCUT2D eigenvalue weighted by Crippen LogP contribution is 2.40. The van der Waals surface area contributed by atoms with Crippen LogP contribution >= 0.6 is 0 Å². The van der Waals surface area contributed by atoms with E-state index in [1.165, 1.54) is 19.5 Å². The third-order valence-corrected chi connectivity index (χ3v) is 4.35. The number of carbonyl (C=O) groups is 1. The average Bonchev–Trinajstić information content (AvgIpc) is 2.85. The van der Waals surface area contributed by atoms with Crippen molar-refractivity contribution in [1.29, 1.82) is 0 Å². The molecule has 16 heavy (non-hydrogen) atoms. The molecule has 1 unspecified atom stereocenters. The van der Waals surface area contributed by atoms with Gasteiger partial charge in [0.05, 0.1) is 12.2 Å². The highest BCUT2D eigenvalue weighted by atomic mass is 16.2. The van der Waals surface area contributed by atoms with E-state index in [0.717, 1.165) is 32.6 Å². The number of amides is 1. The van der Waals surface area contributed by atoms with Crippen molar-refractivity contribution in [2.24, 2.45) is 5.92 Å². The second-order valence-electron chi connectivity index (χ2n) is 5.49. The van der Waals surface area contributed by atoms with E-state index in [9.17, 15) is 4.79 Å². The SMILES string of the molecule is CCN1CCC(CN2CNC3(CC3)C2=O)C1. The lowest BCUT2D eigenvalue weighted by molar-refractivity contribution is -0.130. The summed E-state index contributed by atoms with van der Waals surface area (Å²) in [4.78, 5) is 16.6. The van der Waals surface area contributed by atoms with Gasteiger partial charge in [0.25, 0.3) is 0 Å². The lowest BCUT2D eigenvalue weighted by Crippen LogP contribution is -2.35. The monoisotopic (exact) mass is 223 g/mol. The molecule has 0 radical (unpaired) electrons. The summed E-state index contributed by atoms with van der Waals surface area (Å²) < 4.78 is 0. The van der Waals surface area contributed by atoms with Crippen LogP contribution in [0, 0.1) is 5.92 Å². The lowest BCUT2D eigenvalue weighted by Gasteiger charge is -2.20. The number of nitrogens with zero attached hydrogens (tertiary/aromatic N) is 2. The minimum atomic E-state index is -0.108. The Hall–Kier alpha value is -0.610. The van der Waals surface area contributed by atoms with Crippen LogP contribution in [0.5, 0.6) is 0 Å². The largest absolute Gasteiger partial charge is 0.328 e. The van der Waals surface area contributed by atoms with E-state index in [2.05, 4.69) is 17.1 Å². The normalized spacial score (nSPS) is 32.9. The van der Waals surface area contributed by atoms with Crippen molar-refractivity contribution >= 4 is 5.91 Å². The molecule has 4 heteroatoms. The number of hydrogen-bond acceptors (Lipinski definition) is 3. The molecule has 1 N–H and O–H groups in total. The minimum Gasteiger partial charge on any atom is -0.328 e. The maximum atomic E-state index is 12.1. The predicted molar refractivity (Wildman–Crippen MR) is 61.9 cm³/mol. The second kappa shape index (κ2) is 3.70. The topological polar surface area (TPSA) is 35.6 Å². The molecule has 90 valence electrons. The molecular formula is C12H21N3O. The van der Waals surface area contributed by atoms with Gasteiger partial charge in [0.15, 0.2) is 0 Å². The smallest absolute Gasteiger partial charge is 0.243 e. The molecule has 1 aliphatic carbocycles. The van der Waals surface area contributed by atoms with Crippen LogP contribution in [-0.2, 0) is 4.79 Å². The van der Waals surface area contributed by atoms with Crippen molar-refractivity contribution in [2.45, 2.75) is 31.7 Å². The average molecular weight is 223 g/mol. The fraction of sp³-hybridized carbons (Fsp3) is 0.917. The van der Waals surface area contributed by atoms with Crippen molar-refractivity contribution < 1.29 is 4.79 Å². The number of carbonyl (C=O) groups excluding carboxylic acids is 1. The van der Waals surface area contributed by atoms with Crippen molar-refractivity contribution in [2.75, 3.05) is 32.8 Å². The number of likely N-dealkylation sites (tertiary alicyclic amines) is 1. The summed E-state index contributed by atoms with van der Waals surface area (Å²) >= 11 is 0. The molecule has 1 atom stereocenters. The Balaban J connectivity index is 1.54. The maximum absolute atomic E-state index is 12.1. The molecule has 0 aromatic carbocycles. The standard InChI is InChI=1S/C12H21N3O/c1-2-14-6-3-10(7-14)8-15-9-13-12(4-5-12)11(15)16/h10,13H,2-9H2,1H3. The Bertz CT molecular complexity index is 301. The maximum Gasteiger partial charge on any atom is 0.243 e. The molecule has 2 saturated heterocycles. The van der Waals surface area contributed by atoms with E-state index in [1.54, 1.807) is 0 Å². The summed E-state index contributed by atoms with van der Waals surface area (Å²) in [6.07, 6.45) is 3.35. The fourth-order valence-corrected chi connectivity index (χ4v) is 3.02. The first kappa shape index (κ1) is 10.5. The van der Waals surface area contributed by atoms with E-state index in [0.29, 0.717) is 11.8 Å². The van der Waals surface area contributed by atoms with Gasteiger partial charge >= 0.3 is 0 Å². The minimum absolute atomic E-state index is 0.108. The van der Waals surface area contributed by atoms with Gasteiger partial charge in [0.1, 0.15) is 0 Å². The molecule has 0 bridgehead atoms. The first-order chi connectivity index (χ1) is 7.73. The number of nitrogens with one attached hydrogen (secondary N) is 1. The van der Waals surface area contributed by atoms with Gasteiger partial charge < -0.3 is 9.80 Å². The summed E-state index contributed by atoms with van der Waals surface area (Å²) in [6.45, 7) is 7.48. The number of rotatable bonds is 3. The van der Waals surface area contributed by atoms with Gasteiger partial charge in [-0.2, -0.15) is 0 Å². The Kier molecular flexibility index (Phi) is 2.44. The quantitative estimate of drug-likeness (QED) is 0.745. The van der Waals surface area contributed by atoms with Gasteiger partial charge in [-0.25, -0.2) is 0 Å². The number of hydrogen-bond donors (Lipinski definition) is 1. The van der Waals surface area contributed by atoms with Crippen molar-refractivity contribution in [1.82, 2.24) is 15.1 Å². The highest BCUT2D eigenvalue weighted by molar-refractivity contribution is 5.91. The summed E-state index contributed by atoms with van der Waals surface area (Å²) in [5.74, 6) is 1.06. The fourth-order valence-electron chi connectivity index (χ4n) is 3.02. The van der Waals surface area contributed by atoms with Crippen LogP contribution in [0.4, 0.5) is 0 Å². The van der Waals surface area contributed by atoms with Crippen LogP contribution in [0.3, 0.4) is 0 Å². The van der Waals surface area contributed by atoms with Crippen LogP contribution in [0.2, 0.25) is 0 Å². The Morgan fingerprint density at radius 3 is 2.88 bits per heavy atom. The predicted octanol–water partition coefficient (Wildman–Crippen LogP) is 0.250. The van der Waals surface area contributed by atoms with Crippen LogP contribution in [0.15, 0.2) is 0 Å². The van der Waals surface area contributed by atoms with Gasteiger partial charge in [-0.05, 0) is 38.3 Å². The first-order valence-electron chi connectivity index (χ1n) is 6.50. The molecule has 0 aromatic rings. The third kappa shape index (κ3) is 1.64. The van der Waals surface area contributed by atoms with Crippen LogP contribution < -0.4 is 5.32 Å². The van der Waals surface area contributed by atoms with Crippen LogP contribution in [-0.4, -0.2) is 54.1 Å². The molecule has 3 rings (SSSR count). The molecule has 0 aromatic heterocycles. The van der Waals surface area contributed by atoms with Crippen LogP contribution in [0.25, 0.3) is 0 Å². The Morgan fingerprint density at radius 2 is 2.31 bits per heavy atom. The molecule has 3 aliphatic rings. The highest BCUT2D eigenvalue weighted by Gasteiger charge is 2.55. The summed E-state index contributed by atoms with van der Waals surface area (Å²) in [7, 11) is 0. The Morgan fingerprint density at radius 1 is 1.50 bits per heavy atom. The Labute approximate surface area is 97.0 Å². The molecule has 1 spiro atoms. The molecule has 1 amide bonds.